The van der Waals surface area contributed by atoms with E-state index in [4.69, 9.17) is 0 Å². The normalized spacial score (nSPS) is 20.5. The lowest BCUT2D eigenvalue weighted by molar-refractivity contribution is -0.138. The fourth-order valence-corrected chi connectivity index (χ4v) is 6.10. The van der Waals surface area contributed by atoms with Crippen LogP contribution in [0.3, 0.4) is 0 Å². The van der Waals surface area contributed by atoms with Gasteiger partial charge in [-0.2, -0.15) is 0 Å². The molecule has 226 valence electrons. The van der Waals surface area contributed by atoms with Crippen LogP contribution in [-0.4, -0.2) is 61.7 Å². The van der Waals surface area contributed by atoms with Gasteiger partial charge in [0.15, 0.2) is 5.78 Å². The number of ketones is 1. The lowest BCUT2D eigenvalue weighted by atomic mass is 10.0. The Hall–Kier alpha value is -4.45. The molecule has 2 aliphatic carbocycles. The maximum absolute atomic E-state index is 14.6. The van der Waals surface area contributed by atoms with Crippen molar-refractivity contribution in [3.63, 3.8) is 0 Å². The Labute approximate surface area is 261 Å². The van der Waals surface area contributed by atoms with Gasteiger partial charge in [0, 0.05) is 58.1 Å². The number of fused-ring (bicyclic) bond motifs is 1. The lowest BCUT2D eigenvalue weighted by Gasteiger charge is -2.24. The smallest absolute Gasteiger partial charge is 0.289 e. The van der Waals surface area contributed by atoms with Crippen LogP contribution in [0.15, 0.2) is 77.3 Å². The molecule has 3 amide bonds. The van der Waals surface area contributed by atoms with Gasteiger partial charge in [-0.3, -0.25) is 19.2 Å². The number of alkyl halides is 1. The van der Waals surface area contributed by atoms with Gasteiger partial charge >= 0.3 is 0 Å². The molecule has 0 bridgehead atoms. The van der Waals surface area contributed by atoms with E-state index in [1.54, 1.807) is 29.0 Å². The Bertz CT molecular complexity index is 1760. The van der Waals surface area contributed by atoms with Crippen LogP contribution in [0.5, 0.6) is 0 Å². The number of halogens is 2. The summed E-state index contributed by atoms with van der Waals surface area (Å²) in [6.07, 6.45) is 12.5. The molecule has 1 saturated carbocycles. The molecule has 2 N–H and O–H groups in total. The third kappa shape index (κ3) is 5.99. The van der Waals surface area contributed by atoms with E-state index in [1.807, 2.05) is 30.4 Å². The van der Waals surface area contributed by atoms with Gasteiger partial charge in [0.2, 0.25) is 17.6 Å². The molecule has 1 saturated heterocycles. The minimum Gasteiger partial charge on any atom is -0.340 e. The summed E-state index contributed by atoms with van der Waals surface area (Å²) in [7, 11) is 0. The molecular formula is C32H30BrFN6O4. The molecule has 44 heavy (non-hydrogen) atoms. The van der Waals surface area contributed by atoms with Crippen molar-refractivity contribution < 1.29 is 23.6 Å². The number of carbonyl (C=O) groups excluding carboxylic acids is 4. The van der Waals surface area contributed by atoms with Gasteiger partial charge in [-0.15, -0.1) is 0 Å². The van der Waals surface area contributed by atoms with Gasteiger partial charge in [-0.1, -0.05) is 34.1 Å². The number of benzene rings is 1. The SMILES string of the molecule is CC(=O)c1cn(CC(=O)N2CC(F)CC2C(=O)NC2=CC=CC(Br)=CC2)c2ccc(C3(NC(=O)c4ncccn4)CC3)cc12. The summed E-state index contributed by atoms with van der Waals surface area (Å²) in [5, 5.41) is 6.53. The highest BCUT2D eigenvalue weighted by atomic mass is 79.9. The summed E-state index contributed by atoms with van der Waals surface area (Å²) >= 11 is 3.41. The zero-order valence-electron chi connectivity index (χ0n) is 23.9. The van der Waals surface area contributed by atoms with E-state index in [0.29, 0.717) is 28.6 Å². The minimum atomic E-state index is -1.32. The van der Waals surface area contributed by atoms with E-state index in [1.165, 1.54) is 24.2 Å². The maximum Gasteiger partial charge on any atom is 0.289 e. The van der Waals surface area contributed by atoms with Crippen molar-refractivity contribution in [3.8, 4) is 0 Å². The van der Waals surface area contributed by atoms with Crippen LogP contribution in [0.2, 0.25) is 0 Å². The number of aromatic nitrogens is 3. The van der Waals surface area contributed by atoms with Crippen molar-refractivity contribution in [2.45, 2.75) is 56.9 Å². The zero-order chi connectivity index (χ0) is 31.0. The second-order valence-electron chi connectivity index (χ2n) is 11.3. The number of nitrogens with zero attached hydrogens (tertiary/aromatic N) is 4. The summed E-state index contributed by atoms with van der Waals surface area (Å²) in [6, 6.07) is 6.25. The van der Waals surface area contributed by atoms with Crippen LogP contribution in [0, 0.1) is 0 Å². The van der Waals surface area contributed by atoms with Gasteiger partial charge in [0.1, 0.15) is 18.8 Å². The zero-order valence-corrected chi connectivity index (χ0v) is 25.5. The molecule has 2 aromatic heterocycles. The first-order chi connectivity index (χ1) is 21.1. The highest BCUT2D eigenvalue weighted by Gasteiger charge is 2.46. The summed E-state index contributed by atoms with van der Waals surface area (Å²) in [6.45, 7) is 1.10. The van der Waals surface area contributed by atoms with Gasteiger partial charge in [-0.25, -0.2) is 14.4 Å². The van der Waals surface area contributed by atoms with Gasteiger partial charge < -0.3 is 20.1 Å². The Balaban J connectivity index is 1.22. The summed E-state index contributed by atoms with van der Waals surface area (Å²) in [4.78, 5) is 61.5. The Morgan fingerprint density at radius 3 is 2.66 bits per heavy atom. The van der Waals surface area contributed by atoms with Crippen molar-refractivity contribution in [3.05, 3.63) is 94.3 Å². The molecule has 12 heteroatoms. The van der Waals surface area contributed by atoms with E-state index < -0.39 is 29.6 Å². The number of rotatable bonds is 8. The second-order valence-corrected chi connectivity index (χ2v) is 12.2. The third-order valence-electron chi connectivity index (χ3n) is 8.22. The first kappa shape index (κ1) is 29.6. The Morgan fingerprint density at radius 2 is 1.93 bits per heavy atom. The van der Waals surface area contributed by atoms with Crippen molar-refractivity contribution in [2.75, 3.05) is 6.54 Å². The van der Waals surface area contributed by atoms with E-state index in [-0.39, 0.29) is 37.0 Å². The van der Waals surface area contributed by atoms with Gasteiger partial charge in [0.05, 0.1) is 12.1 Å². The van der Waals surface area contributed by atoms with Crippen molar-refractivity contribution in [1.82, 2.24) is 30.1 Å². The monoisotopic (exact) mass is 660 g/mol. The predicted octanol–water partition coefficient (Wildman–Crippen LogP) is 4.23. The van der Waals surface area contributed by atoms with Crippen LogP contribution in [0.4, 0.5) is 4.39 Å². The minimum absolute atomic E-state index is 0.0751. The number of hydrogen-bond acceptors (Lipinski definition) is 6. The van der Waals surface area contributed by atoms with Gasteiger partial charge in [-0.05, 0) is 55.7 Å². The fourth-order valence-electron chi connectivity index (χ4n) is 5.79. The van der Waals surface area contributed by atoms with Crippen molar-refractivity contribution in [1.29, 1.82) is 0 Å². The fraction of sp³-hybridized carbons (Fsp3) is 0.312. The van der Waals surface area contributed by atoms with Crippen LogP contribution < -0.4 is 10.6 Å². The number of nitrogens with one attached hydrogen (secondary N) is 2. The number of likely N-dealkylation sites (tertiary alicyclic amines) is 1. The molecule has 2 unspecified atom stereocenters. The molecule has 3 aliphatic rings. The molecule has 3 heterocycles. The highest BCUT2D eigenvalue weighted by Crippen LogP contribution is 2.46. The van der Waals surface area contributed by atoms with Crippen LogP contribution in [0.25, 0.3) is 10.9 Å². The summed E-state index contributed by atoms with van der Waals surface area (Å²) < 4.78 is 17.1. The molecule has 3 aromatic rings. The highest BCUT2D eigenvalue weighted by molar-refractivity contribution is 9.11. The first-order valence-electron chi connectivity index (χ1n) is 14.3. The topological polar surface area (TPSA) is 126 Å². The third-order valence-corrected chi connectivity index (χ3v) is 8.80. The second kappa shape index (κ2) is 11.9. The molecule has 10 nitrogen and oxygen atoms in total. The molecule has 1 aliphatic heterocycles. The van der Waals surface area contributed by atoms with E-state index >= 15 is 0 Å². The van der Waals surface area contributed by atoms with Gasteiger partial charge in [0.25, 0.3) is 5.91 Å². The largest absolute Gasteiger partial charge is 0.340 e. The number of allylic oxidation sites excluding steroid dienone is 5. The quantitative estimate of drug-likeness (QED) is 0.348. The van der Waals surface area contributed by atoms with E-state index in [0.717, 1.165) is 22.9 Å². The lowest BCUT2D eigenvalue weighted by Crippen LogP contribution is -2.46. The predicted molar refractivity (Wildman–Crippen MR) is 164 cm³/mol. The number of hydrogen-bond donors (Lipinski definition) is 2. The van der Waals surface area contributed by atoms with Crippen molar-refractivity contribution in [2.24, 2.45) is 0 Å². The molecule has 6 rings (SSSR count). The van der Waals surface area contributed by atoms with Crippen LogP contribution >= 0.6 is 15.9 Å². The number of Topliss-reactive ketones (excluding diaryl/α,β-unsaturated/α-hetero) is 1. The number of carbonyl (C=O) groups is 4. The molecule has 1 aromatic carbocycles. The molecule has 0 spiro atoms. The molecule has 2 fully saturated rings. The summed E-state index contributed by atoms with van der Waals surface area (Å²) in [5.41, 5.74) is 1.95. The molecule has 0 radical (unpaired) electrons. The maximum atomic E-state index is 14.6. The average Bonchev–Trinajstić information content (AvgIpc) is 3.61. The standard InChI is InChI=1S/C32H30BrFN6O4/c1-19(41)25-17-39(18-28(42)40-16-22(34)15-27(40)30(43)37-23-5-2-4-21(33)7-8-23)26-9-6-20(14-24(25)26)32(10-11-32)38-31(44)29-35-12-3-13-36-29/h2-7,9,12-14,17,22,27H,8,10-11,15-16,18H2,1H3,(H,37,43)(H,38,44). The Kier molecular flexibility index (Phi) is 8.02. The average molecular weight is 662 g/mol. The van der Waals surface area contributed by atoms with E-state index in [2.05, 4.69) is 36.5 Å². The summed E-state index contributed by atoms with van der Waals surface area (Å²) in [5.74, 6) is -1.35. The molecular weight excluding hydrogens is 631 g/mol. The Morgan fingerprint density at radius 1 is 1.16 bits per heavy atom. The molecule has 2 atom stereocenters. The van der Waals surface area contributed by atoms with E-state index in [9.17, 15) is 23.6 Å². The van der Waals surface area contributed by atoms with Crippen LogP contribution in [-0.2, 0) is 21.7 Å². The first-order valence-corrected chi connectivity index (χ1v) is 15.1. The van der Waals surface area contributed by atoms with Crippen molar-refractivity contribution >= 4 is 50.3 Å². The number of amides is 3. The van der Waals surface area contributed by atoms with Crippen LogP contribution in [0.1, 0.15) is 59.1 Å².